The molecular formula is C20H23N5O. The zero-order chi connectivity index (χ0) is 17.9. The minimum atomic E-state index is -0.202. The Morgan fingerprint density at radius 1 is 1.08 bits per heavy atom. The van der Waals surface area contributed by atoms with Crippen molar-refractivity contribution in [2.45, 2.75) is 6.92 Å². The summed E-state index contributed by atoms with van der Waals surface area (Å²) in [4.78, 5) is 17.4. The Labute approximate surface area is 152 Å². The maximum absolute atomic E-state index is 12.5. The van der Waals surface area contributed by atoms with Crippen LogP contribution in [0.2, 0.25) is 0 Å². The predicted molar refractivity (Wildman–Crippen MR) is 105 cm³/mol. The first kappa shape index (κ1) is 16.6. The molecule has 1 aliphatic rings. The van der Waals surface area contributed by atoms with Crippen molar-refractivity contribution in [3.05, 3.63) is 54.2 Å². The summed E-state index contributed by atoms with van der Waals surface area (Å²) < 4.78 is 0. The van der Waals surface area contributed by atoms with Crippen molar-refractivity contribution in [1.29, 1.82) is 0 Å². The first-order valence-corrected chi connectivity index (χ1v) is 9.06. The summed E-state index contributed by atoms with van der Waals surface area (Å²) >= 11 is 0. The lowest BCUT2D eigenvalue weighted by Gasteiger charge is -2.35. The molecule has 6 nitrogen and oxygen atoms in total. The number of H-pyrrole nitrogens is 1. The van der Waals surface area contributed by atoms with Crippen LogP contribution in [0.3, 0.4) is 0 Å². The SMILES string of the molecule is CCN1CCN(c2ccc(NC(=O)c3n[nH]c4ccccc34)cc2)CC1. The highest BCUT2D eigenvalue weighted by atomic mass is 16.1. The van der Waals surface area contributed by atoms with Gasteiger partial charge in [0.1, 0.15) is 0 Å². The smallest absolute Gasteiger partial charge is 0.276 e. The summed E-state index contributed by atoms with van der Waals surface area (Å²) in [6, 6.07) is 15.7. The van der Waals surface area contributed by atoms with Crippen molar-refractivity contribution in [2.75, 3.05) is 42.9 Å². The number of amides is 1. The van der Waals surface area contributed by atoms with Gasteiger partial charge >= 0.3 is 0 Å². The van der Waals surface area contributed by atoms with E-state index in [1.54, 1.807) is 0 Å². The van der Waals surface area contributed by atoms with Crippen LogP contribution < -0.4 is 10.2 Å². The van der Waals surface area contributed by atoms with Crippen molar-refractivity contribution >= 4 is 28.2 Å². The maximum atomic E-state index is 12.5. The van der Waals surface area contributed by atoms with Gasteiger partial charge in [-0.15, -0.1) is 0 Å². The van der Waals surface area contributed by atoms with Gasteiger partial charge in [-0.1, -0.05) is 25.1 Å². The van der Waals surface area contributed by atoms with E-state index in [2.05, 4.69) is 44.4 Å². The van der Waals surface area contributed by atoms with Crippen molar-refractivity contribution in [3.63, 3.8) is 0 Å². The molecule has 2 aromatic carbocycles. The number of carbonyl (C=O) groups excluding carboxylic acids is 1. The molecule has 0 aliphatic carbocycles. The summed E-state index contributed by atoms with van der Waals surface area (Å²) in [7, 11) is 0. The van der Waals surface area contributed by atoms with E-state index >= 15 is 0 Å². The lowest BCUT2D eigenvalue weighted by atomic mass is 10.2. The Morgan fingerprint density at radius 2 is 1.81 bits per heavy atom. The monoisotopic (exact) mass is 349 g/mol. The zero-order valence-electron chi connectivity index (χ0n) is 14.9. The number of benzene rings is 2. The molecule has 0 bridgehead atoms. The van der Waals surface area contributed by atoms with Gasteiger partial charge in [0.05, 0.1) is 5.52 Å². The van der Waals surface area contributed by atoms with Crippen LogP contribution in [0.4, 0.5) is 11.4 Å². The molecule has 2 N–H and O–H groups in total. The second-order valence-corrected chi connectivity index (χ2v) is 6.54. The standard InChI is InChI=1S/C20H23N5O/c1-2-24-11-13-25(14-12-24)16-9-7-15(8-10-16)21-20(26)19-17-5-3-4-6-18(17)22-23-19/h3-10H,2,11-14H2,1H3,(H,21,26)(H,22,23). The zero-order valence-corrected chi connectivity index (χ0v) is 14.9. The number of anilines is 2. The quantitative estimate of drug-likeness (QED) is 0.760. The third-order valence-electron chi connectivity index (χ3n) is 5.00. The number of hydrogen-bond acceptors (Lipinski definition) is 4. The highest BCUT2D eigenvalue weighted by Gasteiger charge is 2.17. The van der Waals surface area contributed by atoms with E-state index in [4.69, 9.17) is 0 Å². The number of nitrogens with zero attached hydrogens (tertiary/aromatic N) is 3. The summed E-state index contributed by atoms with van der Waals surface area (Å²) in [5, 5.41) is 10.8. The molecule has 6 heteroatoms. The van der Waals surface area contributed by atoms with Crippen LogP contribution in [0.15, 0.2) is 48.5 Å². The first-order valence-electron chi connectivity index (χ1n) is 9.06. The van der Waals surface area contributed by atoms with E-state index in [9.17, 15) is 4.79 Å². The number of aromatic nitrogens is 2. The van der Waals surface area contributed by atoms with Gasteiger partial charge in [0, 0.05) is 42.9 Å². The van der Waals surface area contributed by atoms with E-state index in [1.807, 2.05) is 36.4 Å². The topological polar surface area (TPSA) is 64.3 Å². The van der Waals surface area contributed by atoms with Crippen molar-refractivity contribution in [1.82, 2.24) is 15.1 Å². The summed E-state index contributed by atoms with van der Waals surface area (Å²) in [6.07, 6.45) is 0. The van der Waals surface area contributed by atoms with Crippen molar-refractivity contribution in [2.24, 2.45) is 0 Å². The highest BCUT2D eigenvalue weighted by Crippen LogP contribution is 2.21. The van der Waals surface area contributed by atoms with Gasteiger partial charge in [0.15, 0.2) is 5.69 Å². The molecule has 134 valence electrons. The molecule has 4 rings (SSSR count). The van der Waals surface area contributed by atoms with Crippen molar-refractivity contribution in [3.8, 4) is 0 Å². The number of para-hydroxylation sites is 1. The molecule has 3 aromatic rings. The van der Waals surface area contributed by atoms with Gasteiger partial charge in [-0.05, 0) is 36.9 Å². The second kappa shape index (κ2) is 7.17. The third kappa shape index (κ3) is 3.28. The van der Waals surface area contributed by atoms with Gasteiger partial charge < -0.3 is 15.1 Å². The molecule has 2 heterocycles. The van der Waals surface area contributed by atoms with E-state index in [0.717, 1.165) is 49.3 Å². The average molecular weight is 349 g/mol. The molecule has 1 aliphatic heterocycles. The first-order chi connectivity index (χ1) is 12.7. The molecule has 0 saturated carbocycles. The Balaban J connectivity index is 1.43. The average Bonchev–Trinajstić information content (AvgIpc) is 3.13. The number of rotatable bonds is 4. The summed E-state index contributed by atoms with van der Waals surface area (Å²) in [6.45, 7) is 7.59. The van der Waals surface area contributed by atoms with Gasteiger partial charge in [-0.3, -0.25) is 9.89 Å². The highest BCUT2D eigenvalue weighted by molar-refractivity contribution is 6.11. The maximum Gasteiger partial charge on any atom is 0.276 e. The predicted octanol–water partition coefficient (Wildman–Crippen LogP) is 2.96. The molecule has 26 heavy (non-hydrogen) atoms. The number of hydrogen-bond donors (Lipinski definition) is 2. The van der Waals surface area contributed by atoms with Gasteiger partial charge in [0.2, 0.25) is 0 Å². The van der Waals surface area contributed by atoms with Gasteiger partial charge in [0.25, 0.3) is 5.91 Å². The van der Waals surface area contributed by atoms with Crippen LogP contribution in [0, 0.1) is 0 Å². The Bertz CT molecular complexity index is 894. The number of likely N-dealkylation sites (N-methyl/N-ethyl adjacent to an activating group) is 1. The van der Waals surface area contributed by atoms with Gasteiger partial charge in [-0.2, -0.15) is 5.10 Å². The van der Waals surface area contributed by atoms with Crippen LogP contribution >= 0.6 is 0 Å². The fourth-order valence-electron chi connectivity index (χ4n) is 3.40. The molecule has 0 radical (unpaired) electrons. The van der Waals surface area contributed by atoms with Crippen LogP contribution in [-0.4, -0.2) is 53.7 Å². The van der Waals surface area contributed by atoms with Crippen LogP contribution in [0.25, 0.3) is 10.9 Å². The number of aromatic amines is 1. The number of carbonyl (C=O) groups is 1. The van der Waals surface area contributed by atoms with E-state index in [1.165, 1.54) is 5.69 Å². The normalized spacial score (nSPS) is 15.3. The number of fused-ring (bicyclic) bond motifs is 1. The summed E-state index contributed by atoms with van der Waals surface area (Å²) in [5.74, 6) is -0.202. The molecule has 0 spiro atoms. The van der Waals surface area contributed by atoms with E-state index in [0.29, 0.717) is 5.69 Å². The van der Waals surface area contributed by atoms with Crippen LogP contribution in [0.5, 0.6) is 0 Å². The third-order valence-corrected chi connectivity index (χ3v) is 5.00. The molecule has 0 unspecified atom stereocenters. The van der Waals surface area contributed by atoms with Crippen molar-refractivity contribution < 1.29 is 4.79 Å². The molecule has 1 amide bonds. The lowest BCUT2D eigenvalue weighted by Crippen LogP contribution is -2.46. The Kier molecular flexibility index (Phi) is 4.58. The van der Waals surface area contributed by atoms with Crippen LogP contribution in [0.1, 0.15) is 17.4 Å². The Morgan fingerprint density at radius 3 is 2.54 bits per heavy atom. The second-order valence-electron chi connectivity index (χ2n) is 6.54. The minimum Gasteiger partial charge on any atom is -0.369 e. The molecule has 1 aromatic heterocycles. The lowest BCUT2D eigenvalue weighted by molar-refractivity contribution is 0.102. The fraction of sp³-hybridized carbons (Fsp3) is 0.300. The Hall–Kier alpha value is -2.86. The minimum absolute atomic E-state index is 0.202. The largest absolute Gasteiger partial charge is 0.369 e. The number of piperazine rings is 1. The molecule has 1 saturated heterocycles. The van der Waals surface area contributed by atoms with Crippen LogP contribution in [-0.2, 0) is 0 Å². The van der Waals surface area contributed by atoms with E-state index < -0.39 is 0 Å². The van der Waals surface area contributed by atoms with Gasteiger partial charge in [-0.25, -0.2) is 0 Å². The molecule has 0 atom stereocenters. The summed E-state index contributed by atoms with van der Waals surface area (Å²) in [5.41, 5.74) is 3.25. The molecule has 1 fully saturated rings. The molecular weight excluding hydrogens is 326 g/mol. The number of nitrogens with one attached hydrogen (secondary N) is 2. The fourth-order valence-corrected chi connectivity index (χ4v) is 3.40. The van der Waals surface area contributed by atoms with E-state index in [-0.39, 0.29) is 5.91 Å².